The van der Waals surface area contributed by atoms with Crippen LogP contribution in [0.15, 0.2) is 18.2 Å². The van der Waals surface area contributed by atoms with Gasteiger partial charge in [-0.25, -0.2) is 4.79 Å². The molecule has 0 aliphatic rings. The summed E-state index contributed by atoms with van der Waals surface area (Å²) in [4.78, 5) is 11.6. The highest BCUT2D eigenvalue weighted by Gasteiger charge is 2.23. The lowest BCUT2D eigenvalue weighted by Gasteiger charge is -2.18. The summed E-state index contributed by atoms with van der Waals surface area (Å²) in [5, 5.41) is 2.92. The number of hydrogen-bond donors (Lipinski definition) is 1. The van der Waals surface area contributed by atoms with Gasteiger partial charge in [0.25, 0.3) is 0 Å². The molecule has 0 aliphatic heterocycles. The fourth-order valence-corrected chi connectivity index (χ4v) is 1.70. The van der Waals surface area contributed by atoms with Crippen LogP contribution in [0.2, 0.25) is 0 Å². The van der Waals surface area contributed by atoms with Crippen molar-refractivity contribution in [1.29, 1.82) is 0 Å². The van der Waals surface area contributed by atoms with E-state index in [0.29, 0.717) is 5.75 Å². The Morgan fingerprint density at radius 3 is 2.56 bits per heavy atom. The molecule has 1 rings (SSSR count). The number of ether oxygens (including phenoxy) is 2. The fourth-order valence-electron chi connectivity index (χ4n) is 1.70. The van der Waals surface area contributed by atoms with Crippen LogP contribution in [0.4, 0.5) is 0 Å². The van der Waals surface area contributed by atoms with Crippen LogP contribution in [0, 0.1) is 6.92 Å². The Labute approximate surface area is 95.6 Å². The Hall–Kier alpha value is -1.55. The Balaban J connectivity index is 3.19. The fraction of sp³-hybridized carbons (Fsp3) is 0.417. The average molecular weight is 223 g/mol. The number of benzene rings is 1. The van der Waals surface area contributed by atoms with Crippen molar-refractivity contribution in [2.45, 2.75) is 13.0 Å². The number of methoxy groups -OCH3 is 2. The van der Waals surface area contributed by atoms with Crippen LogP contribution in [0.1, 0.15) is 17.2 Å². The zero-order valence-corrected chi connectivity index (χ0v) is 10.0. The SMILES string of the molecule is CNC(C(=O)OC)c1cccc(C)c1OC. The summed E-state index contributed by atoms with van der Waals surface area (Å²) in [5.41, 5.74) is 1.78. The molecule has 1 N–H and O–H groups in total. The maximum atomic E-state index is 11.6. The molecule has 0 saturated carbocycles. The van der Waals surface area contributed by atoms with Gasteiger partial charge in [0.15, 0.2) is 0 Å². The zero-order valence-electron chi connectivity index (χ0n) is 10.0. The molecule has 88 valence electrons. The second-order valence-corrected chi connectivity index (χ2v) is 3.44. The average Bonchev–Trinajstić information content (AvgIpc) is 2.30. The first kappa shape index (κ1) is 12.5. The molecule has 0 amide bonds. The number of aryl methyl sites for hydroxylation is 1. The topological polar surface area (TPSA) is 47.6 Å². The highest BCUT2D eigenvalue weighted by atomic mass is 16.5. The third kappa shape index (κ3) is 2.33. The van der Waals surface area contributed by atoms with Gasteiger partial charge in [-0.3, -0.25) is 0 Å². The summed E-state index contributed by atoms with van der Waals surface area (Å²) in [6, 6.07) is 5.18. The molecule has 0 fully saturated rings. The van der Waals surface area contributed by atoms with Gasteiger partial charge in [-0.2, -0.15) is 0 Å². The van der Waals surface area contributed by atoms with Crippen molar-refractivity contribution in [3.05, 3.63) is 29.3 Å². The van der Waals surface area contributed by atoms with Crippen LogP contribution in [-0.4, -0.2) is 27.2 Å². The van der Waals surface area contributed by atoms with Gasteiger partial charge in [-0.1, -0.05) is 18.2 Å². The predicted molar refractivity (Wildman–Crippen MR) is 61.5 cm³/mol. The maximum absolute atomic E-state index is 11.6. The summed E-state index contributed by atoms with van der Waals surface area (Å²) in [5.74, 6) is 0.388. The summed E-state index contributed by atoms with van der Waals surface area (Å²) in [6.45, 7) is 1.94. The Kier molecular flexibility index (Phi) is 4.31. The summed E-state index contributed by atoms with van der Waals surface area (Å²) in [7, 11) is 4.67. The first-order valence-electron chi connectivity index (χ1n) is 5.04. The smallest absolute Gasteiger partial charge is 0.327 e. The van der Waals surface area contributed by atoms with Crippen molar-refractivity contribution < 1.29 is 14.3 Å². The molecular weight excluding hydrogens is 206 g/mol. The van der Waals surface area contributed by atoms with Gasteiger partial charge in [-0.05, 0) is 19.5 Å². The number of esters is 1. The molecule has 0 bridgehead atoms. The predicted octanol–water partition coefficient (Wildman–Crippen LogP) is 1.44. The molecule has 16 heavy (non-hydrogen) atoms. The van der Waals surface area contributed by atoms with Crippen molar-refractivity contribution in [3.8, 4) is 5.75 Å². The van der Waals surface area contributed by atoms with Crippen LogP contribution in [0.3, 0.4) is 0 Å². The van der Waals surface area contributed by atoms with Crippen LogP contribution < -0.4 is 10.1 Å². The van der Waals surface area contributed by atoms with E-state index in [1.807, 2.05) is 25.1 Å². The van der Waals surface area contributed by atoms with Gasteiger partial charge in [0.2, 0.25) is 0 Å². The monoisotopic (exact) mass is 223 g/mol. The number of hydrogen-bond acceptors (Lipinski definition) is 4. The van der Waals surface area contributed by atoms with Crippen LogP contribution in [0.5, 0.6) is 5.75 Å². The highest BCUT2D eigenvalue weighted by Crippen LogP contribution is 2.28. The minimum Gasteiger partial charge on any atom is -0.496 e. The van der Waals surface area contributed by atoms with E-state index < -0.39 is 6.04 Å². The third-order valence-electron chi connectivity index (χ3n) is 2.48. The number of likely N-dealkylation sites (N-methyl/N-ethyl adjacent to an activating group) is 1. The quantitative estimate of drug-likeness (QED) is 0.785. The van der Waals surface area contributed by atoms with Crippen molar-refractivity contribution in [1.82, 2.24) is 5.32 Å². The zero-order chi connectivity index (χ0) is 12.1. The molecule has 4 nitrogen and oxygen atoms in total. The van der Waals surface area contributed by atoms with Crippen LogP contribution in [0.25, 0.3) is 0 Å². The molecule has 0 aliphatic carbocycles. The van der Waals surface area contributed by atoms with Gasteiger partial charge in [0, 0.05) is 5.56 Å². The van der Waals surface area contributed by atoms with Crippen molar-refractivity contribution in [2.24, 2.45) is 0 Å². The first-order chi connectivity index (χ1) is 7.65. The number of rotatable bonds is 4. The molecule has 1 atom stereocenters. The van der Waals surface area contributed by atoms with Crippen molar-refractivity contribution in [3.63, 3.8) is 0 Å². The summed E-state index contributed by atoms with van der Waals surface area (Å²) >= 11 is 0. The lowest BCUT2D eigenvalue weighted by molar-refractivity contribution is -0.143. The maximum Gasteiger partial charge on any atom is 0.327 e. The van der Waals surface area contributed by atoms with E-state index in [1.165, 1.54) is 7.11 Å². The molecule has 4 heteroatoms. The number of carbonyl (C=O) groups is 1. The van der Waals surface area contributed by atoms with Crippen LogP contribution in [-0.2, 0) is 9.53 Å². The molecule has 1 unspecified atom stereocenters. The highest BCUT2D eigenvalue weighted by molar-refractivity contribution is 5.78. The van der Waals surface area contributed by atoms with E-state index in [2.05, 4.69) is 5.32 Å². The number of carbonyl (C=O) groups excluding carboxylic acids is 1. The van der Waals surface area contributed by atoms with E-state index in [0.717, 1.165) is 11.1 Å². The Morgan fingerprint density at radius 2 is 2.06 bits per heavy atom. The van der Waals surface area contributed by atoms with E-state index in [1.54, 1.807) is 14.2 Å². The van der Waals surface area contributed by atoms with Gasteiger partial charge < -0.3 is 14.8 Å². The minimum absolute atomic E-state index is 0.327. The number of nitrogens with one attached hydrogen (secondary N) is 1. The molecule has 0 spiro atoms. The Morgan fingerprint density at radius 1 is 1.38 bits per heavy atom. The van der Waals surface area contributed by atoms with E-state index >= 15 is 0 Å². The van der Waals surface area contributed by atoms with Crippen LogP contribution >= 0.6 is 0 Å². The standard InChI is InChI=1S/C12H17NO3/c1-8-6-5-7-9(11(8)15-3)10(13-2)12(14)16-4/h5-7,10,13H,1-4H3. The van der Waals surface area contributed by atoms with Gasteiger partial charge in [-0.15, -0.1) is 0 Å². The molecule has 0 aromatic heterocycles. The summed E-state index contributed by atoms with van der Waals surface area (Å²) < 4.78 is 10.0. The Bertz CT molecular complexity index is 377. The second kappa shape index (κ2) is 5.51. The molecule has 0 heterocycles. The van der Waals surface area contributed by atoms with Crippen molar-refractivity contribution >= 4 is 5.97 Å². The minimum atomic E-state index is -0.500. The molecule has 0 radical (unpaired) electrons. The summed E-state index contributed by atoms with van der Waals surface area (Å²) in [6.07, 6.45) is 0. The van der Waals surface area contributed by atoms with Gasteiger partial charge >= 0.3 is 5.97 Å². The normalized spacial score (nSPS) is 12.0. The molecule has 1 aromatic carbocycles. The molecular formula is C12H17NO3. The van der Waals surface area contributed by atoms with Gasteiger partial charge in [0.1, 0.15) is 11.8 Å². The second-order valence-electron chi connectivity index (χ2n) is 3.44. The van der Waals surface area contributed by atoms with E-state index in [4.69, 9.17) is 9.47 Å². The lowest BCUT2D eigenvalue weighted by Crippen LogP contribution is -2.27. The van der Waals surface area contributed by atoms with Crippen molar-refractivity contribution in [2.75, 3.05) is 21.3 Å². The van der Waals surface area contributed by atoms with E-state index in [-0.39, 0.29) is 5.97 Å². The van der Waals surface area contributed by atoms with Gasteiger partial charge in [0.05, 0.1) is 14.2 Å². The third-order valence-corrected chi connectivity index (χ3v) is 2.48. The largest absolute Gasteiger partial charge is 0.496 e. The number of para-hydroxylation sites is 1. The lowest BCUT2D eigenvalue weighted by atomic mass is 10.0. The first-order valence-corrected chi connectivity index (χ1v) is 5.04. The molecule has 0 saturated heterocycles. The van der Waals surface area contributed by atoms with E-state index in [9.17, 15) is 4.79 Å². The molecule has 1 aromatic rings.